The summed E-state index contributed by atoms with van der Waals surface area (Å²) in [7, 11) is 3.44. The maximum Gasteiger partial charge on any atom is 0.163 e. The van der Waals surface area contributed by atoms with Crippen LogP contribution in [0.25, 0.3) is 6.08 Å². The number of nitrogens with one attached hydrogen (secondary N) is 1. The first-order valence-electron chi connectivity index (χ1n) is 16.4. The predicted molar refractivity (Wildman–Crippen MR) is 185 cm³/mol. The van der Waals surface area contributed by atoms with E-state index in [4.69, 9.17) is 10.5 Å². The molecule has 0 saturated carbocycles. The fourth-order valence-electron chi connectivity index (χ4n) is 5.71. The van der Waals surface area contributed by atoms with E-state index in [-0.39, 0.29) is 30.3 Å². The molecule has 3 aromatic rings. The van der Waals surface area contributed by atoms with Crippen LogP contribution in [0.1, 0.15) is 85.3 Å². The van der Waals surface area contributed by atoms with E-state index >= 15 is 0 Å². The zero-order chi connectivity index (χ0) is 33.3. The lowest BCUT2D eigenvalue weighted by Gasteiger charge is -2.14. The number of methoxy groups -OCH3 is 1. The third-order valence-electron chi connectivity index (χ3n) is 8.25. The van der Waals surface area contributed by atoms with E-state index in [1.807, 2.05) is 19.2 Å². The van der Waals surface area contributed by atoms with Crippen molar-refractivity contribution in [1.82, 2.24) is 10.3 Å². The van der Waals surface area contributed by atoms with E-state index in [1.54, 1.807) is 24.4 Å². The van der Waals surface area contributed by atoms with Crippen LogP contribution in [0, 0.1) is 5.92 Å². The smallest absolute Gasteiger partial charge is 0.163 e. The fourth-order valence-corrected chi connectivity index (χ4v) is 5.71. The summed E-state index contributed by atoms with van der Waals surface area (Å²) in [4.78, 5) is 29.5. The Kier molecular flexibility index (Phi) is 15.4. The van der Waals surface area contributed by atoms with Crippen molar-refractivity contribution in [2.75, 3.05) is 33.0 Å². The third kappa shape index (κ3) is 12.4. The number of rotatable bonds is 21. The second-order valence-electron chi connectivity index (χ2n) is 12.2. The van der Waals surface area contributed by atoms with Gasteiger partial charge in [-0.3, -0.25) is 9.59 Å². The number of aliphatic hydroxyl groups is 1. The molecule has 1 atom stereocenters. The quantitative estimate of drug-likeness (QED) is 0.0638. The Labute approximate surface area is 274 Å². The topological polar surface area (TPSA) is 135 Å². The van der Waals surface area contributed by atoms with Crippen LogP contribution in [0.15, 0.2) is 54.7 Å². The van der Waals surface area contributed by atoms with Crippen molar-refractivity contribution in [3.05, 3.63) is 88.1 Å². The van der Waals surface area contributed by atoms with Gasteiger partial charge in [0.05, 0.1) is 13.5 Å². The lowest BCUT2D eigenvalue weighted by Crippen LogP contribution is -2.15. The Morgan fingerprint density at radius 2 is 1.78 bits per heavy atom. The molecule has 5 N–H and O–H groups in total. The Hall–Kier alpha value is -4.01. The number of benzene rings is 2. The number of pyridine rings is 1. The number of hydrogen-bond donors (Lipinski definition) is 4. The molecule has 0 spiro atoms. The zero-order valence-corrected chi connectivity index (χ0v) is 27.7. The van der Waals surface area contributed by atoms with E-state index in [1.165, 1.54) is 24.3 Å². The normalized spacial score (nSPS) is 12.0. The van der Waals surface area contributed by atoms with Crippen molar-refractivity contribution in [3.8, 4) is 11.5 Å². The Bertz CT molecular complexity index is 1450. The molecule has 0 bridgehead atoms. The molecule has 0 fully saturated rings. The first kappa shape index (κ1) is 36.5. The number of aromatic hydroxyl groups is 1. The number of hydrogen-bond acceptors (Lipinski definition) is 8. The van der Waals surface area contributed by atoms with Gasteiger partial charge in [-0.25, -0.2) is 4.98 Å². The van der Waals surface area contributed by atoms with Crippen LogP contribution in [0.4, 0.5) is 5.82 Å². The van der Waals surface area contributed by atoms with Gasteiger partial charge in [0.2, 0.25) is 0 Å². The van der Waals surface area contributed by atoms with Gasteiger partial charge < -0.3 is 26.0 Å². The number of ketones is 2. The monoisotopic (exact) mass is 629 g/mol. The van der Waals surface area contributed by atoms with Gasteiger partial charge in [-0.2, -0.15) is 0 Å². The number of carbonyl (C=O) groups excluding carboxylic acids is 2. The highest BCUT2D eigenvalue weighted by molar-refractivity contribution is 6.06. The molecule has 0 aliphatic carbocycles. The minimum Gasteiger partial charge on any atom is -0.504 e. The number of nitrogens with two attached hydrogens (primary N) is 1. The van der Waals surface area contributed by atoms with Crippen molar-refractivity contribution in [1.29, 1.82) is 0 Å². The first-order valence-corrected chi connectivity index (χ1v) is 16.4. The fraction of sp³-hybridized carbons (Fsp3) is 0.447. The number of nitrogens with zero attached hydrogens (tertiary/aromatic N) is 1. The third-order valence-corrected chi connectivity index (χ3v) is 8.25. The molecule has 1 heterocycles. The summed E-state index contributed by atoms with van der Waals surface area (Å²) < 4.78 is 5.35. The summed E-state index contributed by atoms with van der Waals surface area (Å²) in [6, 6.07) is 13.7. The number of aliphatic hydroxyl groups excluding tert-OH is 1. The summed E-state index contributed by atoms with van der Waals surface area (Å²) >= 11 is 0. The largest absolute Gasteiger partial charge is 0.504 e. The number of allylic oxidation sites excluding steroid dienone is 1. The first-order chi connectivity index (χ1) is 22.2. The average Bonchev–Trinajstić information content (AvgIpc) is 3.03. The molecule has 1 unspecified atom stereocenters. The number of unbranched alkanes of at least 4 members (excludes halogenated alkanes) is 2. The highest BCUT2D eigenvalue weighted by Gasteiger charge is 2.14. The van der Waals surface area contributed by atoms with Gasteiger partial charge in [0.25, 0.3) is 0 Å². The number of aryl methyl sites for hydroxylation is 3. The van der Waals surface area contributed by atoms with Gasteiger partial charge in [0.15, 0.2) is 17.3 Å². The molecular formula is C38H51N3O5. The number of phenols is 1. The summed E-state index contributed by atoms with van der Waals surface area (Å²) in [5, 5.41) is 23.0. The van der Waals surface area contributed by atoms with E-state index in [9.17, 15) is 19.8 Å². The van der Waals surface area contributed by atoms with Crippen LogP contribution in [0.3, 0.4) is 0 Å². The number of Topliss-reactive ketones (excluding diaryl/α,β-unsaturated/α-hetero) is 1. The number of carbonyl (C=O) groups is 2. The molecule has 0 aliphatic rings. The molecule has 46 heavy (non-hydrogen) atoms. The van der Waals surface area contributed by atoms with Crippen LogP contribution in [-0.2, 0) is 35.3 Å². The van der Waals surface area contributed by atoms with E-state index < -0.39 is 0 Å². The van der Waals surface area contributed by atoms with Gasteiger partial charge in [-0.1, -0.05) is 50.1 Å². The predicted octanol–water partition coefficient (Wildman–Crippen LogP) is 6.03. The van der Waals surface area contributed by atoms with Crippen LogP contribution >= 0.6 is 0 Å². The van der Waals surface area contributed by atoms with Crippen LogP contribution in [-0.4, -0.2) is 54.1 Å². The van der Waals surface area contributed by atoms with Crippen molar-refractivity contribution in [2.45, 2.75) is 77.6 Å². The summed E-state index contributed by atoms with van der Waals surface area (Å²) in [5.74, 6) is 1.06. The van der Waals surface area contributed by atoms with E-state index in [2.05, 4.69) is 35.4 Å². The Balaban J connectivity index is 1.68. The molecule has 0 radical (unpaired) electrons. The highest BCUT2D eigenvalue weighted by Crippen LogP contribution is 2.32. The maximum absolute atomic E-state index is 12.7. The molecule has 8 heteroatoms. The molecule has 248 valence electrons. The Morgan fingerprint density at radius 1 is 1.00 bits per heavy atom. The molecule has 0 aliphatic heterocycles. The van der Waals surface area contributed by atoms with Gasteiger partial charge in [0.1, 0.15) is 11.6 Å². The number of nitrogen functional groups attached to an aromatic ring is 1. The number of phenolic OH excluding ortho intramolecular Hbond substituents is 1. The van der Waals surface area contributed by atoms with E-state index in [0.717, 1.165) is 74.6 Å². The molecule has 8 nitrogen and oxygen atoms in total. The van der Waals surface area contributed by atoms with Crippen molar-refractivity contribution >= 4 is 23.5 Å². The van der Waals surface area contributed by atoms with Crippen LogP contribution in [0.2, 0.25) is 0 Å². The van der Waals surface area contributed by atoms with Crippen molar-refractivity contribution in [3.63, 3.8) is 0 Å². The number of ether oxygens (including phenoxy) is 1. The number of aromatic nitrogens is 1. The van der Waals surface area contributed by atoms with Gasteiger partial charge in [-0.15, -0.1) is 0 Å². The molecule has 1 aromatic heterocycles. The molecule has 0 saturated heterocycles. The van der Waals surface area contributed by atoms with E-state index in [0.29, 0.717) is 35.9 Å². The second-order valence-corrected chi connectivity index (χ2v) is 12.2. The minimum absolute atomic E-state index is 0.00107. The minimum atomic E-state index is -0.248. The molecule has 2 aromatic carbocycles. The van der Waals surface area contributed by atoms with Crippen molar-refractivity contribution in [2.24, 2.45) is 5.92 Å². The lowest BCUT2D eigenvalue weighted by molar-refractivity contribution is -0.124. The maximum atomic E-state index is 12.7. The standard InChI is InChI=1S/C38H51N3O5/c1-27(25-40-2)9-5-4-6-13-34(43)24-35(44)17-16-30-22-37(46-3)36(45)21-32(30)20-33-26-41-38(39)23-31(33)15-14-29-11-7-10-28(19-29)12-8-18-42/h7,10-11,16-17,19,21-23,26-27,40,42,45H,4-6,8-9,12-15,18,20,24-25H2,1-3H3,(H2,39,41). The Morgan fingerprint density at radius 3 is 2.52 bits per heavy atom. The summed E-state index contributed by atoms with van der Waals surface area (Å²) in [6.45, 7) is 3.39. The SMILES string of the molecule is CNCC(C)CCCCCC(=O)CC(=O)C=Cc1cc(OC)c(O)cc1Cc1cnc(N)cc1CCc1cccc(CCCO)c1. The van der Waals surface area contributed by atoms with Crippen LogP contribution < -0.4 is 15.8 Å². The van der Waals surface area contributed by atoms with Gasteiger partial charge >= 0.3 is 0 Å². The van der Waals surface area contributed by atoms with Gasteiger partial charge in [-0.05, 0) is 122 Å². The summed E-state index contributed by atoms with van der Waals surface area (Å²) in [6.07, 6.45) is 12.8. The number of anilines is 1. The molecule has 0 amide bonds. The second kappa shape index (κ2) is 19.5. The van der Waals surface area contributed by atoms with Crippen molar-refractivity contribution < 1.29 is 24.5 Å². The molecular weight excluding hydrogens is 578 g/mol. The summed E-state index contributed by atoms with van der Waals surface area (Å²) in [5.41, 5.74) is 12.0. The van der Waals surface area contributed by atoms with Crippen LogP contribution in [0.5, 0.6) is 11.5 Å². The van der Waals surface area contributed by atoms with Gasteiger partial charge in [0, 0.05) is 19.2 Å². The average molecular weight is 630 g/mol. The highest BCUT2D eigenvalue weighted by atomic mass is 16.5. The lowest BCUT2D eigenvalue weighted by atomic mass is 9.93. The molecule has 3 rings (SSSR count). The zero-order valence-electron chi connectivity index (χ0n) is 27.7.